The van der Waals surface area contributed by atoms with E-state index in [1.807, 2.05) is 60.0 Å². The number of nitrogen functional groups attached to an aromatic ring is 1. The lowest BCUT2D eigenvalue weighted by molar-refractivity contribution is 1.12. The topological polar surface area (TPSA) is 56.2 Å². The van der Waals surface area contributed by atoms with Crippen LogP contribution in [0.1, 0.15) is 17.0 Å². The molecule has 19 heavy (non-hydrogen) atoms. The lowest BCUT2D eigenvalue weighted by atomic mass is 10.2. The number of benzene rings is 1. The number of aryl methyl sites for hydroxylation is 1. The van der Waals surface area contributed by atoms with E-state index in [-0.39, 0.29) is 0 Å². The highest BCUT2D eigenvalue weighted by molar-refractivity contribution is 5.75. The van der Waals surface area contributed by atoms with Crippen molar-refractivity contribution in [3.05, 3.63) is 59.7 Å². The van der Waals surface area contributed by atoms with Gasteiger partial charge in [0.05, 0.1) is 5.69 Å². The summed E-state index contributed by atoms with van der Waals surface area (Å²) >= 11 is 0. The van der Waals surface area contributed by atoms with Crippen molar-refractivity contribution in [2.45, 2.75) is 6.92 Å². The van der Waals surface area contributed by atoms with Gasteiger partial charge in [0, 0.05) is 12.4 Å². The molecule has 2 N–H and O–H groups in total. The van der Waals surface area contributed by atoms with E-state index in [0.717, 1.165) is 22.6 Å². The Bertz CT molecular complexity index is 741. The van der Waals surface area contributed by atoms with Crippen LogP contribution in [0.3, 0.4) is 0 Å². The third kappa shape index (κ3) is 2.08. The molecular formula is C15H14N4. The molecular weight excluding hydrogens is 236 g/mol. The number of rotatable bonds is 2. The molecule has 4 nitrogen and oxygen atoms in total. The number of hydrogen-bond acceptors (Lipinski definition) is 3. The Balaban J connectivity index is 2.06. The van der Waals surface area contributed by atoms with Crippen LogP contribution in [0.2, 0.25) is 0 Å². The van der Waals surface area contributed by atoms with Crippen LogP contribution in [0.5, 0.6) is 0 Å². The molecule has 0 fully saturated rings. The zero-order valence-corrected chi connectivity index (χ0v) is 10.6. The average Bonchev–Trinajstić information content (AvgIpc) is 2.74. The maximum absolute atomic E-state index is 5.96. The molecule has 0 amide bonds. The maximum Gasteiger partial charge on any atom is 0.164 e. The quantitative estimate of drug-likeness (QED) is 0.760. The van der Waals surface area contributed by atoms with Crippen molar-refractivity contribution in [1.29, 1.82) is 0 Å². The van der Waals surface area contributed by atoms with Crippen LogP contribution in [0.25, 0.3) is 17.8 Å². The van der Waals surface area contributed by atoms with Crippen LogP contribution in [0.15, 0.2) is 42.7 Å². The van der Waals surface area contributed by atoms with Gasteiger partial charge in [0.1, 0.15) is 11.5 Å². The molecule has 0 aliphatic rings. The number of aromatic nitrogens is 3. The van der Waals surface area contributed by atoms with Gasteiger partial charge >= 0.3 is 0 Å². The van der Waals surface area contributed by atoms with Gasteiger partial charge in [0.15, 0.2) is 5.65 Å². The second-order valence-electron chi connectivity index (χ2n) is 4.33. The average molecular weight is 250 g/mol. The Morgan fingerprint density at radius 2 is 1.95 bits per heavy atom. The molecule has 94 valence electrons. The summed E-state index contributed by atoms with van der Waals surface area (Å²) in [5.74, 6) is 0.659. The van der Waals surface area contributed by atoms with Crippen LogP contribution in [0, 0.1) is 6.92 Å². The van der Waals surface area contributed by atoms with E-state index in [0.29, 0.717) is 5.82 Å². The lowest BCUT2D eigenvalue weighted by Gasteiger charge is -1.98. The van der Waals surface area contributed by atoms with Crippen LogP contribution in [-0.2, 0) is 0 Å². The third-order valence-corrected chi connectivity index (χ3v) is 3.02. The minimum Gasteiger partial charge on any atom is -0.383 e. The predicted octanol–water partition coefficient (Wildman–Crippen LogP) is 2.79. The van der Waals surface area contributed by atoms with E-state index in [2.05, 4.69) is 9.97 Å². The normalized spacial score (nSPS) is 11.4. The summed E-state index contributed by atoms with van der Waals surface area (Å²) in [7, 11) is 0. The van der Waals surface area contributed by atoms with E-state index < -0.39 is 0 Å². The van der Waals surface area contributed by atoms with Crippen molar-refractivity contribution in [3.63, 3.8) is 0 Å². The first kappa shape index (κ1) is 11.5. The van der Waals surface area contributed by atoms with E-state index in [4.69, 9.17) is 5.73 Å². The van der Waals surface area contributed by atoms with E-state index in [1.54, 1.807) is 6.20 Å². The number of imidazole rings is 1. The van der Waals surface area contributed by atoms with Gasteiger partial charge in [-0.3, -0.25) is 9.38 Å². The molecule has 0 aliphatic heterocycles. The smallest absolute Gasteiger partial charge is 0.164 e. The van der Waals surface area contributed by atoms with E-state index in [9.17, 15) is 0 Å². The van der Waals surface area contributed by atoms with Crippen molar-refractivity contribution in [1.82, 2.24) is 14.4 Å². The van der Waals surface area contributed by atoms with Gasteiger partial charge in [0.25, 0.3) is 0 Å². The number of nitrogens with two attached hydrogens (primary N) is 1. The highest BCUT2D eigenvalue weighted by Crippen LogP contribution is 2.17. The fourth-order valence-electron chi connectivity index (χ4n) is 1.98. The van der Waals surface area contributed by atoms with Gasteiger partial charge in [-0.05, 0) is 18.6 Å². The molecule has 0 unspecified atom stereocenters. The number of nitrogens with zero attached hydrogens (tertiary/aromatic N) is 3. The van der Waals surface area contributed by atoms with Crippen molar-refractivity contribution >= 4 is 23.6 Å². The lowest BCUT2D eigenvalue weighted by Crippen LogP contribution is -1.95. The van der Waals surface area contributed by atoms with E-state index in [1.165, 1.54) is 0 Å². The Morgan fingerprint density at radius 1 is 1.16 bits per heavy atom. The van der Waals surface area contributed by atoms with Crippen molar-refractivity contribution < 1.29 is 0 Å². The van der Waals surface area contributed by atoms with Crippen LogP contribution >= 0.6 is 0 Å². The Morgan fingerprint density at radius 3 is 2.74 bits per heavy atom. The molecule has 0 radical (unpaired) electrons. The standard InChI is InChI=1S/C15H14N4/c1-11-14(16)19-10-9-17-13(15(19)18-11)8-7-12-5-3-2-4-6-12/h2-10H,16H2,1H3/b8-7+. The summed E-state index contributed by atoms with van der Waals surface area (Å²) in [6.45, 7) is 1.90. The summed E-state index contributed by atoms with van der Waals surface area (Å²) in [6.07, 6.45) is 7.53. The first-order chi connectivity index (χ1) is 9.25. The number of fused-ring (bicyclic) bond motifs is 1. The second-order valence-corrected chi connectivity index (χ2v) is 4.33. The Kier molecular flexibility index (Phi) is 2.76. The third-order valence-electron chi connectivity index (χ3n) is 3.02. The van der Waals surface area contributed by atoms with Gasteiger partial charge in [0.2, 0.25) is 0 Å². The molecule has 2 heterocycles. The highest BCUT2D eigenvalue weighted by Gasteiger charge is 2.07. The van der Waals surface area contributed by atoms with Gasteiger partial charge in [-0.15, -0.1) is 0 Å². The summed E-state index contributed by atoms with van der Waals surface area (Å²) in [5, 5.41) is 0. The first-order valence-electron chi connectivity index (χ1n) is 6.08. The summed E-state index contributed by atoms with van der Waals surface area (Å²) in [6, 6.07) is 10.1. The predicted molar refractivity (Wildman–Crippen MR) is 77.5 cm³/mol. The fourth-order valence-corrected chi connectivity index (χ4v) is 1.98. The minimum atomic E-state index is 0.659. The van der Waals surface area contributed by atoms with Crippen molar-refractivity contribution in [3.8, 4) is 0 Å². The molecule has 0 spiro atoms. The zero-order valence-electron chi connectivity index (χ0n) is 10.6. The molecule has 0 bridgehead atoms. The van der Waals surface area contributed by atoms with E-state index >= 15 is 0 Å². The molecule has 3 rings (SSSR count). The second kappa shape index (κ2) is 4.57. The van der Waals surface area contributed by atoms with Crippen LogP contribution < -0.4 is 5.73 Å². The molecule has 2 aromatic heterocycles. The molecule has 0 saturated heterocycles. The summed E-state index contributed by atoms with van der Waals surface area (Å²) in [5.41, 5.74) is 9.51. The zero-order chi connectivity index (χ0) is 13.2. The highest BCUT2D eigenvalue weighted by atomic mass is 15.1. The van der Waals surface area contributed by atoms with Gasteiger partial charge in [-0.25, -0.2) is 4.98 Å². The van der Waals surface area contributed by atoms with Crippen molar-refractivity contribution in [2.75, 3.05) is 5.73 Å². The molecule has 3 aromatic rings. The van der Waals surface area contributed by atoms with Crippen LogP contribution in [-0.4, -0.2) is 14.4 Å². The summed E-state index contributed by atoms with van der Waals surface area (Å²) in [4.78, 5) is 8.80. The van der Waals surface area contributed by atoms with Crippen molar-refractivity contribution in [2.24, 2.45) is 0 Å². The first-order valence-corrected chi connectivity index (χ1v) is 6.08. The molecule has 4 heteroatoms. The largest absolute Gasteiger partial charge is 0.383 e. The number of hydrogen-bond donors (Lipinski definition) is 1. The SMILES string of the molecule is Cc1nc2c(/C=C/c3ccccc3)nccn2c1N. The fraction of sp³-hybridized carbons (Fsp3) is 0.0667. The minimum absolute atomic E-state index is 0.659. The molecule has 0 saturated carbocycles. The number of anilines is 1. The monoisotopic (exact) mass is 250 g/mol. The van der Waals surface area contributed by atoms with Gasteiger partial charge < -0.3 is 5.73 Å². The molecule has 0 atom stereocenters. The molecule has 0 aliphatic carbocycles. The van der Waals surface area contributed by atoms with Gasteiger partial charge in [-0.2, -0.15) is 0 Å². The Labute approximate surface area is 111 Å². The molecule has 1 aromatic carbocycles. The summed E-state index contributed by atoms with van der Waals surface area (Å²) < 4.78 is 1.85. The van der Waals surface area contributed by atoms with Gasteiger partial charge in [-0.1, -0.05) is 36.4 Å². The maximum atomic E-state index is 5.96. The Hall–Kier alpha value is -2.62. The van der Waals surface area contributed by atoms with Crippen LogP contribution in [0.4, 0.5) is 5.82 Å².